The topological polar surface area (TPSA) is 152 Å². The Hall–Kier alpha value is -3.83. The van der Waals surface area contributed by atoms with Gasteiger partial charge in [-0.05, 0) is 37.3 Å². The van der Waals surface area contributed by atoms with Gasteiger partial charge in [0.05, 0.1) is 16.5 Å². The summed E-state index contributed by atoms with van der Waals surface area (Å²) in [6, 6.07) is 13.9. The lowest BCUT2D eigenvalue weighted by atomic mass is 10.0. The van der Waals surface area contributed by atoms with Crippen LogP contribution in [-0.2, 0) is 14.8 Å². The number of rotatable bonds is 5. The van der Waals surface area contributed by atoms with Crippen LogP contribution in [0.25, 0.3) is 11.0 Å². The molecule has 0 saturated carbocycles. The quantitative estimate of drug-likeness (QED) is 0.438. The third-order valence-electron chi connectivity index (χ3n) is 5.01. The zero-order valence-electron chi connectivity index (χ0n) is 16.8. The molecule has 0 fully saturated rings. The van der Waals surface area contributed by atoms with E-state index in [0.29, 0.717) is 27.4 Å². The standard InChI is InChI=1S/C21H18N4O6S/c1-12-17(11-23-14-6-4-7-15(10-14)32(22,29)30)20(27)25(24-12)19(26)16-9-13-5-2-3-8-18(13)31-21(16)28/h2-10,17,23H,11H2,1H3,(H2,22,29,30). The molecule has 1 unspecified atom stereocenters. The first-order valence-corrected chi connectivity index (χ1v) is 11.0. The fraction of sp³-hybridized carbons (Fsp3) is 0.143. The average molecular weight is 454 g/mol. The van der Waals surface area contributed by atoms with E-state index in [0.717, 1.165) is 0 Å². The first kappa shape index (κ1) is 21.4. The fourth-order valence-corrected chi connectivity index (χ4v) is 3.87. The predicted molar refractivity (Wildman–Crippen MR) is 117 cm³/mol. The molecule has 1 aromatic heterocycles. The zero-order chi connectivity index (χ0) is 23.0. The molecular formula is C21H18N4O6S. The number of anilines is 1. The normalized spacial score (nSPS) is 16.3. The molecule has 11 heteroatoms. The van der Waals surface area contributed by atoms with Crippen LogP contribution in [0, 0.1) is 5.92 Å². The van der Waals surface area contributed by atoms with Crippen LogP contribution in [0.5, 0.6) is 0 Å². The first-order chi connectivity index (χ1) is 15.1. The van der Waals surface area contributed by atoms with E-state index >= 15 is 0 Å². The van der Waals surface area contributed by atoms with Crippen LogP contribution < -0.4 is 16.1 Å². The molecule has 0 radical (unpaired) electrons. The van der Waals surface area contributed by atoms with Crippen molar-refractivity contribution < 1.29 is 22.4 Å². The molecule has 1 aliphatic rings. The number of hydrogen-bond donors (Lipinski definition) is 2. The summed E-state index contributed by atoms with van der Waals surface area (Å²) in [6.07, 6.45) is 0. The molecule has 0 bridgehead atoms. The van der Waals surface area contributed by atoms with E-state index in [1.165, 1.54) is 24.3 Å². The summed E-state index contributed by atoms with van der Waals surface area (Å²) in [5.41, 5.74) is -0.0511. The van der Waals surface area contributed by atoms with Gasteiger partial charge >= 0.3 is 5.63 Å². The number of primary sulfonamides is 1. The molecule has 32 heavy (non-hydrogen) atoms. The van der Waals surface area contributed by atoms with Crippen molar-refractivity contribution in [2.24, 2.45) is 16.2 Å². The molecule has 164 valence electrons. The Balaban J connectivity index is 1.53. The van der Waals surface area contributed by atoms with Crippen LogP contribution in [0.3, 0.4) is 0 Å². The van der Waals surface area contributed by atoms with Crippen LogP contribution >= 0.6 is 0 Å². The maximum Gasteiger partial charge on any atom is 0.349 e. The number of amides is 2. The summed E-state index contributed by atoms with van der Waals surface area (Å²) in [5.74, 6) is -2.28. The van der Waals surface area contributed by atoms with Crippen LogP contribution in [-0.4, -0.2) is 37.5 Å². The molecule has 10 nitrogen and oxygen atoms in total. The van der Waals surface area contributed by atoms with Gasteiger partial charge in [-0.15, -0.1) is 0 Å². The minimum atomic E-state index is -3.88. The molecule has 0 saturated heterocycles. The molecular weight excluding hydrogens is 436 g/mol. The molecule has 1 aliphatic heterocycles. The minimum absolute atomic E-state index is 0.0539. The number of para-hydroxylation sites is 1. The van der Waals surface area contributed by atoms with E-state index in [-0.39, 0.29) is 17.0 Å². The second-order valence-corrected chi connectivity index (χ2v) is 8.75. The molecule has 0 aliphatic carbocycles. The van der Waals surface area contributed by atoms with Crippen molar-refractivity contribution in [3.05, 3.63) is 70.6 Å². The number of carbonyl (C=O) groups is 2. The summed E-state index contributed by atoms with van der Waals surface area (Å²) in [5, 5.41) is 13.3. The van der Waals surface area contributed by atoms with Gasteiger partial charge in [-0.2, -0.15) is 10.1 Å². The molecule has 0 spiro atoms. The lowest BCUT2D eigenvalue weighted by Gasteiger charge is -2.14. The zero-order valence-corrected chi connectivity index (χ0v) is 17.6. The van der Waals surface area contributed by atoms with Gasteiger partial charge in [0.25, 0.3) is 11.8 Å². The monoisotopic (exact) mass is 454 g/mol. The Bertz CT molecular complexity index is 1440. The van der Waals surface area contributed by atoms with Crippen molar-refractivity contribution in [1.82, 2.24) is 5.01 Å². The van der Waals surface area contributed by atoms with Gasteiger partial charge in [-0.3, -0.25) is 9.59 Å². The highest BCUT2D eigenvalue weighted by atomic mass is 32.2. The molecule has 2 heterocycles. The fourth-order valence-electron chi connectivity index (χ4n) is 3.31. The average Bonchev–Trinajstić information content (AvgIpc) is 3.04. The summed E-state index contributed by atoms with van der Waals surface area (Å²) in [6.45, 7) is 1.64. The summed E-state index contributed by atoms with van der Waals surface area (Å²) < 4.78 is 28.2. The third-order valence-corrected chi connectivity index (χ3v) is 5.92. The number of hydrazone groups is 1. The van der Waals surface area contributed by atoms with E-state index < -0.39 is 33.4 Å². The first-order valence-electron chi connectivity index (χ1n) is 9.48. The summed E-state index contributed by atoms with van der Waals surface area (Å²) >= 11 is 0. The van der Waals surface area contributed by atoms with Gasteiger partial charge in [0.2, 0.25) is 10.0 Å². The van der Waals surface area contributed by atoms with Crippen molar-refractivity contribution in [2.75, 3.05) is 11.9 Å². The number of nitrogens with two attached hydrogens (primary N) is 1. The highest BCUT2D eigenvalue weighted by Gasteiger charge is 2.38. The number of benzene rings is 2. The van der Waals surface area contributed by atoms with Gasteiger partial charge in [-0.1, -0.05) is 24.3 Å². The Morgan fingerprint density at radius 1 is 1.16 bits per heavy atom. The second-order valence-electron chi connectivity index (χ2n) is 7.19. The maximum atomic E-state index is 12.9. The third kappa shape index (κ3) is 4.03. The number of hydrogen-bond acceptors (Lipinski definition) is 8. The Morgan fingerprint density at radius 3 is 2.66 bits per heavy atom. The largest absolute Gasteiger partial charge is 0.422 e. The van der Waals surface area contributed by atoms with E-state index in [9.17, 15) is 22.8 Å². The highest BCUT2D eigenvalue weighted by molar-refractivity contribution is 7.89. The SMILES string of the molecule is CC1=NN(C(=O)c2cc3ccccc3oc2=O)C(=O)C1CNc1cccc(S(N)(=O)=O)c1. The molecule has 3 N–H and O–H groups in total. The number of imide groups is 1. The van der Waals surface area contributed by atoms with Crippen LogP contribution in [0.1, 0.15) is 17.3 Å². The number of fused-ring (bicyclic) bond motifs is 1. The Kier molecular flexibility index (Phi) is 5.36. The number of nitrogens with one attached hydrogen (secondary N) is 1. The van der Waals surface area contributed by atoms with Crippen LogP contribution in [0.15, 0.2) is 73.8 Å². The van der Waals surface area contributed by atoms with E-state index in [4.69, 9.17) is 9.56 Å². The summed E-state index contributed by atoms with van der Waals surface area (Å²) in [7, 11) is -3.88. The van der Waals surface area contributed by atoms with Crippen molar-refractivity contribution in [3.8, 4) is 0 Å². The van der Waals surface area contributed by atoms with Gasteiger partial charge in [-0.25, -0.2) is 18.4 Å². The molecule has 3 aromatic rings. The van der Waals surface area contributed by atoms with E-state index in [1.807, 2.05) is 0 Å². The van der Waals surface area contributed by atoms with Crippen molar-refractivity contribution in [2.45, 2.75) is 11.8 Å². The number of carbonyl (C=O) groups excluding carboxylic acids is 2. The Labute approximate surface area is 182 Å². The smallest absolute Gasteiger partial charge is 0.349 e. The van der Waals surface area contributed by atoms with Crippen molar-refractivity contribution >= 4 is 44.2 Å². The van der Waals surface area contributed by atoms with E-state index in [1.54, 1.807) is 37.3 Å². The molecule has 1 atom stereocenters. The van der Waals surface area contributed by atoms with Crippen molar-refractivity contribution in [3.63, 3.8) is 0 Å². The summed E-state index contributed by atoms with van der Waals surface area (Å²) in [4.78, 5) is 37.9. The maximum absolute atomic E-state index is 12.9. The lowest BCUT2D eigenvalue weighted by Crippen LogP contribution is -2.37. The van der Waals surface area contributed by atoms with Crippen LogP contribution in [0.2, 0.25) is 0 Å². The van der Waals surface area contributed by atoms with Gasteiger partial charge in [0.15, 0.2) is 0 Å². The van der Waals surface area contributed by atoms with Gasteiger partial charge in [0, 0.05) is 17.6 Å². The number of nitrogens with zero attached hydrogens (tertiary/aromatic N) is 2. The number of sulfonamides is 1. The van der Waals surface area contributed by atoms with Gasteiger partial charge < -0.3 is 9.73 Å². The van der Waals surface area contributed by atoms with Crippen molar-refractivity contribution in [1.29, 1.82) is 0 Å². The van der Waals surface area contributed by atoms with Crippen LogP contribution in [0.4, 0.5) is 5.69 Å². The second kappa shape index (κ2) is 8.02. The van der Waals surface area contributed by atoms with E-state index in [2.05, 4.69) is 10.4 Å². The lowest BCUT2D eigenvalue weighted by molar-refractivity contribution is -0.128. The highest BCUT2D eigenvalue weighted by Crippen LogP contribution is 2.21. The Morgan fingerprint density at radius 2 is 1.91 bits per heavy atom. The minimum Gasteiger partial charge on any atom is -0.422 e. The molecule has 4 rings (SSSR count). The predicted octanol–water partition coefficient (Wildman–Crippen LogP) is 1.53. The molecule has 2 aromatic carbocycles. The van der Waals surface area contributed by atoms with Gasteiger partial charge in [0.1, 0.15) is 11.1 Å². The molecule has 2 amide bonds.